The molecule has 14 heteroatoms. The SMILES string of the molecule is CC1(C)CC(NC(=O)C(=O)NN2C(=O)C3C(C2=O)C2(Cl)C(Cl)=C(Cl)C3(Cl)C2(Cl)Cl)CC(C)(C)N1. The predicted molar refractivity (Wildman–Crippen MR) is 130 cm³/mol. The third kappa shape index (κ3) is 3.36. The van der Waals surface area contributed by atoms with Crippen molar-refractivity contribution < 1.29 is 19.2 Å². The Morgan fingerprint density at radius 3 is 1.68 bits per heavy atom. The minimum absolute atomic E-state index is 0.250. The Hall–Kier alpha value is -0.480. The number of carbonyl (C=O) groups excluding carboxylic acids is 4. The lowest BCUT2D eigenvalue weighted by atomic mass is 9.79. The maximum atomic E-state index is 13.2. The second kappa shape index (κ2) is 7.76. The number of amides is 4. The van der Waals surface area contributed by atoms with Crippen LogP contribution in [0.15, 0.2) is 10.1 Å². The Morgan fingerprint density at radius 1 is 0.853 bits per heavy atom. The molecule has 3 N–H and O–H groups in total. The smallest absolute Gasteiger partial charge is 0.328 e. The van der Waals surface area contributed by atoms with Crippen molar-refractivity contribution in [1.29, 1.82) is 0 Å². The standard InChI is InChI=1S/C20H22Cl6N4O4/c1-16(2)5-7(6-17(3,4)29-16)27-12(31)13(32)28-30-14(33)8-9(15(30)34)19(24)11(22)10(21)18(8,23)20(19,25)26/h7-9,29H,5-6H2,1-4H3,(H,27,31)(H,28,32). The first-order chi connectivity index (χ1) is 15.3. The number of piperidine rings is 1. The molecule has 2 bridgehead atoms. The highest BCUT2D eigenvalue weighted by Gasteiger charge is 2.87. The van der Waals surface area contributed by atoms with Gasteiger partial charge in [0.1, 0.15) is 9.75 Å². The highest BCUT2D eigenvalue weighted by Crippen LogP contribution is 2.77. The summed E-state index contributed by atoms with van der Waals surface area (Å²) in [6, 6.07) is -0.308. The first kappa shape index (κ1) is 26.6. The molecule has 1 saturated carbocycles. The zero-order valence-corrected chi connectivity index (χ0v) is 23.0. The van der Waals surface area contributed by atoms with E-state index < -0.39 is 49.5 Å². The van der Waals surface area contributed by atoms with Gasteiger partial charge in [-0.2, -0.15) is 5.01 Å². The van der Waals surface area contributed by atoms with Crippen LogP contribution in [0.25, 0.3) is 0 Å². The number of carbonyl (C=O) groups is 4. The van der Waals surface area contributed by atoms with Gasteiger partial charge in [0.25, 0.3) is 11.8 Å². The Kier molecular flexibility index (Phi) is 6.07. The molecule has 0 radical (unpaired) electrons. The van der Waals surface area contributed by atoms with Crippen LogP contribution in [0.4, 0.5) is 0 Å². The molecule has 2 heterocycles. The molecule has 2 saturated heterocycles. The minimum atomic E-state index is -2.08. The van der Waals surface area contributed by atoms with Gasteiger partial charge in [-0.05, 0) is 40.5 Å². The number of alkyl halides is 4. The maximum Gasteiger partial charge on any atom is 0.328 e. The largest absolute Gasteiger partial charge is 0.345 e. The fraction of sp³-hybridized carbons (Fsp3) is 0.700. The van der Waals surface area contributed by atoms with Crippen LogP contribution < -0.4 is 16.1 Å². The molecule has 0 aromatic heterocycles. The van der Waals surface area contributed by atoms with Crippen LogP contribution in [-0.4, -0.2) is 59.8 Å². The molecule has 3 fully saturated rings. The van der Waals surface area contributed by atoms with Crippen LogP contribution >= 0.6 is 69.6 Å². The van der Waals surface area contributed by atoms with E-state index in [-0.39, 0.29) is 27.2 Å². The lowest BCUT2D eigenvalue weighted by Gasteiger charge is -2.46. The van der Waals surface area contributed by atoms with E-state index in [9.17, 15) is 19.2 Å². The molecular formula is C20H22Cl6N4O4. The van der Waals surface area contributed by atoms with E-state index in [1.54, 1.807) is 0 Å². The van der Waals surface area contributed by atoms with Crippen LogP contribution in [0.2, 0.25) is 0 Å². The van der Waals surface area contributed by atoms with Crippen molar-refractivity contribution in [3.63, 3.8) is 0 Å². The average Bonchev–Trinajstić information content (AvgIpc) is 3.04. The van der Waals surface area contributed by atoms with E-state index in [1.807, 2.05) is 27.7 Å². The van der Waals surface area contributed by atoms with Crippen LogP contribution in [0.3, 0.4) is 0 Å². The molecule has 8 nitrogen and oxygen atoms in total. The van der Waals surface area contributed by atoms with Crippen molar-refractivity contribution in [2.45, 2.75) is 71.7 Å². The maximum absolute atomic E-state index is 13.2. The fourth-order valence-corrected chi connectivity index (χ4v) is 8.86. The summed E-state index contributed by atoms with van der Waals surface area (Å²) in [5.74, 6) is -6.92. The van der Waals surface area contributed by atoms with Gasteiger partial charge in [0.15, 0.2) is 4.33 Å². The minimum Gasteiger partial charge on any atom is -0.345 e. The Balaban J connectivity index is 1.52. The lowest BCUT2D eigenvalue weighted by Crippen LogP contribution is -2.63. The number of hydrogen-bond donors (Lipinski definition) is 3. The summed E-state index contributed by atoms with van der Waals surface area (Å²) >= 11 is 38.5. The summed E-state index contributed by atoms with van der Waals surface area (Å²) in [6.07, 6.45) is 1.14. The van der Waals surface area contributed by atoms with Gasteiger partial charge < -0.3 is 10.6 Å². The number of allylic oxidation sites excluding steroid dienone is 2. The molecule has 34 heavy (non-hydrogen) atoms. The van der Waals surface area contributed by atoms with E-state index in [2.05, 4.69) is 16.1 Å². The van der Waals surface area contributed by atoms with E-state index in [1.165, 1.54) is 0 Å². The normalized spacial score (nSPS) is 37.8. The van der Waals surface area contributed by atoms with Crippen molar-refractivity contribution in [2.75, 3.05) is 0 Å². The summed E-state index contributed by atoms with van der Waals surface area (Å²) in [7, 11) is 0. The van der Waals surface area contributed by atoms with Gasteiger partial charge >= 0.3 is 11.8 Å². The summed E-state index contributed by atoms with van der Waals surface area (Å²) in [5, 5.41) is 6.05. The van der Waals surface area contributed by atoms with E-state index >= 15 is 0 Å². The first-order valence-corrected chi connectivity index (χ1v) is 12.7. The molecule has 4 atom stereocenters. The molecule has 2 aliphatic carbocycles. The van der Waals surface area contributed by atoms with Crippen LogP contribution in [0.5, 0.6) is 0 Å². The number of hydrogen-bond acceptors (Lipinski definition) is 5. The zero-order chi connectivity index (χ0) is 25.8. The molecule has 0 aromatic carbocycles. The van der Waals surface area contributed by atoms with Crippen molar-refractivity contribution in [1.82, 2.24) is 21.1 Å². The van der Waals surface area contributed by atoms with E-state index in [4.69, 9.17) is 69.6 Å². The van der Waals surface area contributed by atoms with E-state index in [0.717, 1.165) is 0 Å². The second-order valence-electron chi connectivity index (χ2n) is 10.5. The monoisotopic (exact) mass is 592 g/mol. The van der Waals surface area contributed by atoms with Crippen LogP contribution in [0.1, 0.15) is 40.5 Å². The average molecular weight is 595 g/mol. The van der Waals surface area contributed by atoms with Gasteiger partial charge in [-0.3, -0.25) is 19.2 Å². The number of fused-ring (bicyclic) bond motifs is 5. The van der Waals surface area contributed by atoms with Crippen LogP contribution in [-0.2, 0) is 19.2 Å². The molecule has 4 amide bonds. The lowest BCUT2D eigenvalue weighted by molar-refractivity contribution is -0.152. The molecule has 0 aromatic rings. The number of halogens is 6. The van der Waals surface area contributed by atoms with Gasteiger partial charge in [-0.15, -0.1) is 23.2 Å². The molecule has 0 spiro atoms. The highest BCUT2D eigenvalue weighted by molar-refractivity contribution is 6.66. The van der Waals surface area contributed by atoms with Gasteiger partial charge in [-0.25, -0.2) is 5.43 Å². The van der Waals surface area contributed by atoms with Crippen molar-refractivity contribution in [3.05, 3.63) is 10.1 Å². The molecular weight excluding hydrogens is 573 g/mol. The topological polar surface area (TPSA) is 108 Å². The summed E-state index contributed by atoms with van der Waals surface area (Å²) < 4.78 is -2.08. The van der Waals surface area contributed by atoms with Gasteiger partial charge in [0.05, 0.1) is 21.9 Å². The fourth-order valence-electron chi connectivity index (χ4n) is 5.93. The number of nitrogens with zero attached hydrogens (tertiary/aromatic N) is 1. The number of hydrazine groups is 1. The molecule has 4 rings (SSSR count). The number of imide groups is 1. The van der Waals surface area contributed by atoms with Crippen molar-refractivity contribution in [2.24, 2.45) is 11.8 Å². The van der Waals surface area contributed by atoms with E-state index in [0.29, 0.717) is 17.9 Å². The predicted octanol–water partition coefficient (Wildman–Crippen LogP) is 2.89. The quantitative estimate of drug-likeness (QED) is 0.259. The Labute approximate surface area is 226 Å². The first-order valence-electron chi connectivity index (χ1n) is 10.4. The van der Waals surface area contributed by atoms with Gasteiger partial charge in [0.2, 0.25) is 0 Å². The molecule has 2 aliphatic heterocycles. The van der Waals surface area contributed by atoms with Crippen molar-refractivity contribution in [3.8, 4) is 0 Å². The highest BCUT2D eigenvalue weighted by atomic mass is 35.5. The van der Waals surface area contributed by atoms with Crippen LogP contribution in [0, 0.1) is 11.8 Å². The number of rotatable bonds is 2. The van der Waals surface area contributed by atoms with Crippen molar-refractivity contribution >= 4 is 93.2 Å². The second-order valence-corrected chi connectivity index (χ2v) is 13.8. The molecule has 188 valence electrons. The summed E-state index contributed by atoms with van der Waals surface area (Å²) in [5.41, 5.74) is 1.50. The van der Waals surface area contributed by atoms with Gasteiger partial charge in [0, 0.05) is 17.1 Å². The molecule has 4 aliphatic rings. The summed E-state index contributed by atoms with van der Waals surface area (Å²) in [4.78, 5) is 47.6. The Morgan fingerprint density at radius 2 is 1.26 bits per heavy atom. The summed E-state index contributed by atoms with van der Waals surface area (Å²) in [6.45, 7) is 7.96. The third-order valence-corrected chi connectivity index (χ3v) is 11.1. The van der Waals surface area contributed by atoms with Gasteiger partial charge in [-0.1, -0.05) is 46.4 Å². The number of nitrogens with one attached hydrogen (secondary N) is 3. The molecule has 4 unspecified atom stereocenters. The zero-order valence-electron chi connectivity index (χ0n) is 18.5. The Bertz CT molecular complexity index is 1000. The third-order valence-electron chi connectivity index (χ3n) is 6.85.